The van der Waals surface area contributed by atoms with Crippen molar-refractivity contribution in [3.05, 3.63) is 75.4 Å². The summed E-state index contributed by atoms with van der Waals surface area (Å²) < 4.78 is 0. The van der Waals surface area contributed by atoms with Crippen LogP contribution >= 0.6 is 22.9 Å². The molecule has 0 aliphatic carbocycles. The number of carbonyl (C=O) groups excluding carboxylic acids is 2. The number of Topliss-reactive ketones (excluding diaryl/α,β-unsaturated/α-hetero) is 1. The number of amides is 1. The van der Waals surface area contributed by atoms with E-state index in [1.807, 2.05) is 36.4 Å². The number of aromatic nitrogens is 1. The van der Waals surface area contributed by atoms with Crippen LogP contribution in [0.3, 0.4) is 0 Å². The average molecular weight is 411 g/mol. The number of thiophene rings is 1. The van der Waals surface area contributed by atoms with Crippen LogP contribution < -0.4 is 5.32 Å². The Morgan fingerprint density at radius 2 is 2.04 bits per heavy atom. The number of benzene rings is 1. The molecular formula is C22H19ClN2O2S. The van der Waals surface area contributed by atoms with Crippen LogP contribution in [0.15, 0.2) is 48.7 Å². The van der Waals surface area contributed by atoms with E-state index in [9.17, 15) is 9.59 Å². The van der Waals surface area contributed by atoms with Gasteiger partial charge in [0.25, 0.3) is 5.91 Å². The van der Waals surface area contributed by atoms with Gasteiger partial charge in [-0.05, 0) is 60.4 Å². The Balaban J connectivity index is 1.76. The summed E-state index contributed by atoms with van der Waals surface area (Å²) in [5, 5.41) is 3.70. The standard InChI is InChI=1S/C22H19ClN2O2S/c1-13(26)10-17-11-15(6-8-24-17)20-12-19-18(14-2-4-16(23)5-3-14)7-9-25-22(27)21(19)28-20/h2-6,8,11-12,18H,7,9-10H2,1H3,(H,25,27). The number of fused-ring (bicyclic) bond motifs is 1. The van der Waals surface area contributed by atoms with Crippen molar-refractivity contribution in [3.8, 4) is 10.4 Å². The van der Waals surface area contributed by atoms with Crippen molar-refractivity contribution in [1.29, 1.82) is 0 Å². The van der Waals surface area contributed by atoms with Crippen molar-refractivity contribution in [2.24, 2.45) is 0 Å². The third-order valence-electron chi connectivity index (χ3n) is 4.86. The van der Waals surface area contributed by atoms with E-state index in [2.05, 4.69) is 16.4 Å². The minimum atomic E-state index is -0.0271. The highest BCUT2D eigenvalue weighted by molar-refractivity contribution is 7.17. The van der Waals surface area contributed by atoms with Crippen LogP contribution in [0, 0.1) is 0 Å². The second-order valence-electron chi connectivity index (χ2n) is 6.96. The summed E-state index contributed by atoms with van der Waals surface area (Å²) in [5.41, 5.74) is 3.92. The topological polar surface area (TPSA) is 59.1 Å². The SMILES string of the molecule is CC(=O)Cc1cc(-c2cc3c(s2)C(=O)NCCC3c2ccc(Cl)cc2)ccn1. The predicted molar refractivity (Wildman–Crippen MR) is 112 cm³/mol. The molecule has 2 aromatic heterocycles. The highest BCUT2D eigenvalue weighted by Crippen LogP contribution is 2.40. The van der Waals surface area contributed by atoms with Crippen LogP contribution in [-0.4, -0.2) is 23.2 Å². The van der Waals surface area contributed by atoms with E-state index < -0.39 is 0 Å². The van der Waals surface area contributed by atoms with Gasteiger partial charge in [-0.25, -0.2) is 0 Å². The first kappa shape index (κ1) is 18.8. The van der Waals surface area contributed by atoms with Crippen LogP contribution in [0.5, 0.6) is 0 Å². The molecule has 1 unspecified atom stereocenters. The number of rotatable bonds is 4. The second-order valence-corrected chi connectivity index (χ2v) is 8.45. The Labute approximate surface area is 172 Å². The van der Waals surface area contributed by atoms with Gasteiger partial charge in [0.1, 0.15) is 5.78 Å². The molecule has 0 saturated carbocycles. The molecular weight excluding hydrogens is 392 g/mol. The van der Waals surface area contributed by atoms with Crippen LogP contribution in [0.1, 0.15) is 45.8 Å². The molecule has 4 nitrogen and oxygen atoms in total. The number of ketones is 1. The first-order valence-electron chi connectivity index (χ1n) is 9.13. The lowest BCUT2D eigenvalue weighted by Crippen LogP contribution is -2.21. The Bertz CT molecular complexity index is 1040. The third-order valence-corrected chi connectivity index (χ3v) is 6.32. The van der Waals surface area contributed by atoms with E-state index >= 15 is 0 Å². The van der Waals surface area contributed by atoms with Gasteiger partial charge < -0.3 is 5.32 Å². The van der Waals surface area contributed by atoms with Crippen LogP contribution in [0.4, 0.5) is 0 Å². The first-order chi connectivity index (χ1) is 13.5. The van der Waals surface area contributed by atoms with Crippen LogP contribution in [-0.2, 0) is 11.2 Å². The van der Waals surface area contributed by atoms with Crippen molar-refractivity contribution in [2.75, 3.05) is 6.54 Å². The van der Waals surface area contributed by atoms with Crippen molar-refractivity contribution >= 4 is 34.6 Å². The van der Waals surface area contributed by atoms with Crippen molar-refractivity contribution < 1.29 is 9.59 Å². The summed E-state index contributed by atoms with van der Waals surface area (Å²) in [6.45, 7) is 2.20. The molecule has 1 atom stereocenters. The number of hydrogen-bond acceptors (Lipinski definition) is 4. The Kier molecular flexibility index (Phi) is 5.29. The van der Waals surface area contributed by atoms with Gasteiger partial charge in [0.2, 0.25) is 0 Å². The van der Waals surface area contributed by atoms with Gasteiger partial charge in [-0.2, -0.15) is 0 Å². The molecule has 0 spiro atoms. The lowest BCUT2D eigenvalue weighted by molar-refractivity contribution is -0.116. The highest BCUT2D eigenvalue weighted by atomic mass is 35.5. The Hall–Kier alpha value is -2.50. The summed E-state index contributed by atoms with van der Waals surface area (Å²) in [6.07, 6.45) is 2.87. The molecule has 0 fully saturated rings. The Morgan fingerprint density at radius 3 is 2.79 bits per heavy atom. The highest BCUT2D eigenvalue weighted by Gasteiger charge is 2.27. The fraction of sp³-hybridized carbons (Fsp3) is 0.227. The van der Waals surface area contributed by atoms with Gasteiger partial charge in [0.05, 0.1) is 4.88 Å². The number of nitrogens with zero attached hydrogens (tertiary/aromatic N) is 1. The number of hydrogen-bond donors (Lipinski definition) is 1. The molecule has 0 saturated heterocycles. The zero-order valence-electron chi connectivity index (χ0n) is 15.4. The molecule has 3 aromatic rings. The molecule has 142 valence electrons. The zero-order valence-corrected chi connectivity index (χ0v) is 16.9. The maximum absolute atomic E-state index is 12.6. The summed E-state index contributed by atoms with van der Waals surface area (Å²) in [6, 6.07) is 13.8. The molecule has 28 heavy (non-hydrogen) atoms. The van der Waals surface area contributed by atoms with E-state index in [-0.39, 0.29) is 17.6 Å². The fourth-order valence-corrected chi connectivity index (χ4v) is 4.83. The van der Waals surface area contributed by atoms with Crippen LogP contribution in [0.25, 0.3) is 10.4 Å². The van der Waals surface area contributed by atoms with E-state index in [1.54, 1.807) is 13.1 Å². The summed E-state index contributed by atoms with van der Waals surface area (Å²) in [5.74, 6) is 0.185. The summed E-state index contributed by atoms with van der Waals surface area (Å²) in [7, 11) is 0. The maximum atomic E-state index is 12.6. The fourth-order valence-electron chi connectivity index (χ4n) is 3.57. The van der Waals surface area contributed by atoms with Gasteiger partial charge in [-0.15, -0.1) is 11.3 Å². The molecule has 0 bridgehead atoms. The minimum absolute atomic E-state index is 0.0271. The lowest BCUT2D eigenvalue weighted by Gasteiger charge is -2.15. The van der Waals surface area contributed by atoms with Gasteiger partial charge in [0.15, 0.2) is 0 Å². The summed E-state index contributed by atoms with van der Waals surface area (Å²) in [4.78, 5) is 30.1. The molecule has 6 heteroatoms. The largest absolute Gasteiger partial charge is 0.351 e. The number of nitrogens with one attached hydrogen (secondary N) is 1. The molecule has 1 amide bonds. The monoisotopic (exact) mass is 410 g/mol. The molecule has 4 rings (SSSR count). The number of pyridine rings is 1. The van der Waals surface area contributed by atoms with E-state index in [0.29, 0.717) is 18.0 Å². The number of halogens is 1. The average Bonchev–Trinajstić information content (AvgIpc) is 3.05. The van der Waals surface area contributed by atoms with Gasteiger partial charge in [0, 0.05) is 40.7 Å². The van der Waals surface area contributed by atoms with Crippen molar-refractivity contribution in [2.45, 2.75) is 25.7 Å². The quantitative estimate of drug-likeness (QED) is 0.668. The minimum Gasteiger partial charge on any atom is -0.351 e. The second kappa shape index (κ2) is 7.86. The first-order valence-corrected chi connectivity index (χ1v) is 10.3. The van der Waals surface area contributed by atoms with Crippen molar-refractivity contribution in [3.63, 3.8) is 0 Å². The molecule has 1 aliphatic rings. The van der Waals surface area contributed by atoms with Crippen LogP contribution in [0.2, 0.25) is 5.02 Å². The van der Waals surface area contributed by atoms with Gasteiger partial charge in [-0.3, -0.25) is 14.6 Å². The van der Waals surface area contributed by atoms with E-state index in [1.165, 1.54) is 11.3 Å². The predicted octanol–water partition coefficient (Wildman–Crippen LogP) is 4.86. The van der Waals surface area contributed by atoms with Gasteiger partial charge >= 0.3 is 0 Å². The molecule has 1 N–H and O–H groups in total. The molecule has 3 heterocycles. The molecule has 1 aliphatic heterocycles. The normalized spacial score (nSPS) is 16.2. The molecule has 0 radical (unpaired) electrons. The van der Waals surface area contributed by atoms with Crippen molar-refractivity contribution in [1.82, 2.24) is 10.3 Å². The van der Waals surface area contributed by atoms with E-state index in [4.69, 9.17) is 11.6 Å². The Morgan fingerprint density at radius 1 is 1.25 bits per heavy atom. The maximum Gasteiger partial charge on any atom is 0.261 e. The van der Waals surface area contributed by atoms with Gasteiger partial charge in [-0.1, -0.05) is 23.7 Å². The third kappa shape index (κ3) is 3.86. The smallest absolute Gasteiger partial charge is 0.261 e. The van der Waals surface area contributed by atoms with E-state index in [0.717, 1.165) is 38.6 Å². The zero-order chi connectivity index (χ0) is 19.7. The summed E-state index contributed by atoms with van der Waals surface area (Å²) >= 11 is 7.54. The number of carbonyl (C=O) groups is 2. The lowest BCUT2D eigenvalue weighted by atomic mass is 9.89. The molecule has 1 aromatic carbocycles.